The maximum absolute atomic E-state index is 13.3. The highest BCUT2D eigenvalue weighted by Crippen LogP contribution is 2.22. The van der Waals surface area contributed by atoms with Crippen molar-refractivity contribution in [3.63, 3.8) is 0 Å². The predicted octanol–water partition coefficient (Wildman–Crippen LogP) is 3.44. The molecular formula is C23H27BrN2O5S. The van der Waals surface area contributed by atoms with Gasteiger partial charge in [0.25, 0.3) is 0 Å². The summed E-state index contributed by atoms with van der Waals surface area (Å²) >= 11 is 3.38. The van der Waals surface area contributed by atoms with Gasteiger partial charge in [0.1, 0.15) is 0 Å². The first kappa shape index (κ1) is 24.4. The van der Waals surface area contributed by atoms with Gasteiger partial charge in [0.2, 0.25) is 15.9 Å². The molecule has 0 unspecified atom stereocenters. The maximum Gasteiger partial charge on any atom is 0.309 e. The van der Waals surface area contributed by atoms with Crippen LogP contribution in [-0.2, 0) is 30.9 Å². The Morgan fingerprint density at radius 3 is 2.28 bits per heavy atom. The number of nitrogens with zero attached hydrogens (tertiary/aromatic N) is 2. The molecule has 172 valence electrons. The molecule has 3 rings (SSSR count). The van der Waals surface area contributed by atoms with Crippen molar-refractivity contribution >= 4 is 37.8 Å². The smallest absolute Gasteiger partial charge is 0.309 e. The van der Waals surface area contributed by atoms with E-state index >= 15 is 0 Å². The summed E-state index contributed by atoms with van der Waals surface area (Å²) in [6, 6.07) is 15.4. The summed E-state index contributed by atoms with van der Waals surface area (Å²) in [5.74, 6) is -0.724. The molecule has 0 saturated carbocycles. The van der Waals surface area contributed by atoms with Crippen LogP contribution in [0.4, 0.5) is 0 Å². The number of ether oxygens (including phenoxy) is 1. The van der Waals surface area contributed by atoms with Crippen LogP contribution < -0.4 is 0 Å². The highest BCUT2D eigenvalue weighted by atomic mass is 79.9. The molecule has 2 aromatic rings. The lowest BCUT2D eigenvalue weighted by Gasteiger charge is -2.32. The molecule has 1 fully saturated rings. The van der Waals surface area contributed by atoms with Crippen LogP contribution >= 0.6 is 15.9 Å². The lowest BCUT2D eigenvalue weighted by atomic mass is 9.97. The van der Waals surface area contributed by atoms with Gasteiger partial charge in [-0.1, -0.05) is 46.3 Å². The molecule has 32 heavy (non-hydrogen) atoms. The van der Waals surface area contributed by atoms with Crippen LogP contribution in [0.15, 0.2) is 64.0 Å². The Morgan fingerprint density at radius 1 is 1.06 bits per heavy atom. The number of benzene rings is 2. The molecule has 1 aliphatic heterocycles. The van der Waals surface area contributed by atoms with Crippen molar-refractivity contribution in [3.05, 3.63) is 64.6 Å². The lowest BCUT2D eigenvalue weighted by molar-refractivity contribution is -0.151. The van der Waals surface area contributed by atoms with Gasteiger partial charge in [-0.05, 0) is 49.6 Å². The summed E-state index contributed by atoms with van der Waals surface area (Å²) in [6.45, 7) is 2.72. The van der Waals surface area contributed by atoms with Gasteiger partial charge in [-0.15, -0.1) is 0 Å². The third-order valence-corrected chi connectivity index (χ3v) is 7.77. The number of likely N-dealkylation sites (tertiary alicyclic amines) is 1. The summed E-state index contributed by atoms with van der Waals surface area (Å²) in [5, 5.41) is 0. The fraction of sp³-hybridized carbons (Fsp3) is 0.391. The minimum Gasteiger partial charge on any atom is -0.466 e. The second kappa shape index (κ2) is 11.1. The Kier molecular flexibility index (Phi) is 8.44. The Hall–Kier alpha value is -2.23. The standard InChI is InChI=1S/C23H27BrN2O5S/c1-2-31-23(28)19-12-14-25(15-13-19)22(27)17-26(16-18-8-10-20(24)11-9-18)32(29,30)21-6-4-3-5-7-21/h3-11,19H,2,12-17H2,1H3. The number of carbonyl (C=O) groups excluding carboxylic acids is 2. The van der Waals surface area contributed by atoms with Crippen molar-refractivity contribution < 1.29 is 22.7 Å². The zero-order chi connectivity index (χ0) is 23.1. The van der Waals surface area contributed by atoms with Crippen LogP contribution in [0.2, 0.25) is 0 Å². The molecule has 1 heterocycles. The van der Waals surface area contributed by atoms with E-state index in [4.69, 9.17) is 4.74 Å². The molecule has 0 spiro atoms. The fourth-order valence-electron chi connectivity index (χ4n) is 3.64. The Balaban J connectivity index is 1.74. The first-order valence-electron chi connectivity index (χ1n) is 10.6. The molecule has 0 radical (unpaired) electrons. The van der Waals surface area contributed by atoms with Gasteiger partial charge in [-0.25, -0.2) is 8.42 Å². The van der Waals surface area contributed by atoms with Gasteiger partial charge in [-0.3, -0.25) is 9.59 Å². The first-order chi connectivity index (χ1) is 15.3. The molecule has 0 aromatic heterocycles. The number of amides is 1. The number of carbonyl (C=O) groups is 2. The third kappa shape index (κ3) is 6.17. The van der Waals surface area contributed by atoms with Gasteiger partial charge in [0, 0.05) is 24.1 Å². The first-order valence-corrected chi connectivity index (χ1v) is 12.8. The van der Waals surface area contributed by atoms with Crippen molar-refractivity contribution in [2.45, 2.75) is 31.2 Å². The molecule has 1 aliphatic rings. The predicted molar refractivity (Wildman–Crippen MR) is 124 cm³/mol. The van der Waals surface area contributed by atoms with Gasteiger partial charge >= 0.3 is 5.97 Å². The van der Waals surface area contributed by atoms with E-state index in [1.54, 1.807) is 30.0 Å². The molecule has 0 atom stereocenters. The number of halogens is 1. The van der Waals surface area contributed by atoms with E-state index in [2.05, 4.69) is 15.9 Å². The quantitative estimate of drug-likeness (QED) is 0.495. The summed E-state index contributed by atoms with van der Waals surface area (Å²) in [4.78, 5) is 26.8. The van der Waals surface area contributed by atoms with Gasteiger partial charge in [0.05, 0.1) is 24.0 Å². The van der Waals surface area contributed by atoms with Gasteiger partial charge in [-0.2, -0.15) is 4.31 Å². The van der Waals surface area contributed by atoms with E-state index in [0.29, 0.717) is 32.5 Å². The van der Waals surface area contributed by atoms with E-state index in [9.17, 15) is 18.0 Å². The van der Waals surface area contributed by atoms with Crippen molar-refractivity contribution in [1.29, 1.82) is 0 Å². The van der Waals surface area contributed by atoms with E-state index < -0.39 is 10.0 Å². The van der Waals surface area contributed by atoms with Crippen LogP contribution in [0.1, 0.15) is 25.3 Å². The number of hydrogen-bond donors (Lipinski definition) is 0. The topological polar surface area (TPSA) is 84.0 Å². The second-order valence-corrected chi connectivity index (χ2v) is 10.5. The molecule has 7 nitrogen and oxygen atoms in total. The molecule has 0 aliphatic carbocycles. The van der Waals surface area contributed by atoms with E-state index in [1.165, 1.54) is 16.4 Å². The fourth-order valence-corrected chi connectivity index (χ4v) is 5.30. The minimum absolute atomic E-state index is 0.0789. The second-order valence-electron chi connectivity index (χ2n) is 7.62. The Bertz CT molecular complexity index is 1020. The van der Waals surface area contributed by atoms with Crippen LogP contribution in [0, 0.1) is 5.92 Å². The van der Waals surface area contributed by atoms with Crippen LogP contribution in [0.3, 0.4) is 0 Å². The number of rotatable bonds is 8. The highest BCUT2D eigenvalue weighted by molar-refractivity contribution is 9.10. The van der Waals surface area contributed by atoms with E-state index in [-0.39, 0.29) is 35.8 Å². The van der Waals surface area contributed by atoms with Gasteiger partial charge in [0.15, 0.2) is 0 Å². The van der Waals surface area contributed by atoms with Crippen molar-refractivity contribution in [3.8, 4) is 0 Å². The minimum atomic E-state index is -3.87. The number of sulfonamides is 1. The normalized spacial score (nSPS) is 15.0. The van der Waals surface area contributed by atoms with E-state index in [0.717, 1.165) is 10.0 Å². The summed E-state index contributed by atoms with van der Waals surface area (Å²) in [5.41, 5.74) is 0.779. The largest absolute Gasteiger partial charge is 0.466 e. The Morgan fingerprint density at radius 2 is 1.69 bits per heavy atom. The average molecular weight is 523 g/mol. The number of esters is 1. The van der Waals surface area contributed by atoms with Crippen LogP contribution in [-0.4, -0.2) is 55.7 Å². The zero-order valence-electron chi connectivity index (χ0n) is 17.9. The summed E-state index contributed by atoms with van der Waals surface area (Å²) in [7, 11) is -3.87. The third-order valence-electron chi connectivity index (χ3n) is 5.43. The molecule has 1 amide bonds. The lowest BCUT2D eigenvalue weighted by Crippen LogP contribution is -2.46. The molecular weight excluding hydrogens is 496 g/mol. The number of hydrogen-bond acceptors (Lipinski definition) is 5. The summed E-state index contributed by atoms with van der Waals surface area (Å²) < 4.78 is 33.8. The average Bonchev–Trinajstić information content (AvgIpc) is 2.80. The molecule has 9 heteroatoms. The van der Waals surface area contributed by atoms with Crippen LogP contribution in [0.25, 0.3) is 0 Å². The number of piperidine rings is 1. The highest BCUT2D eigenvalue weighted by Gasteiger charge is 2.32. The monoisotopic (exact) mass is 522 g/mol. The molecule has 1 saturated heterocycles. The summed E-state index contributed by atoms with van der Waals surface area (Å²) in [6.07, 6.45) is 1.03. The molecule has 0 N–H and O–H groups in total. The SMILES string of the molecule is CCOC(=O)C1CCN(C(=O)CN(Cc2ccc(Br)cc2)S(=O)(=O)c2ccccc2)CC1. The zero-order valence-corrected chi connectivity index (χ0v) is 20.3. The van der Waals surface area contributed by atoms with Crippen LogP contribution in [0.5, 0.6) is 0 Å². The molecule has 0 bridgehead atoms. The van der Waals surface area contributed by atoms with E-state index in [1.807, 2.05) is 24.3 Å². The maximum atomic E-state index is 13.3. The molecule has 2 aromatic carbocycles. The van der Waals surface area contributed by atoms with Gasteiger partial charge < -0.3 is 9.64 Å². The van der Waals surface area contributed by atoms with Crippen molar-refractivity contribution in [1.82, 2.24) is 9.21 Å². The van der Waals surface area contributed by atoms with Crippen molar-refractivity contribution in [2.75, 3.05) is 26.2 Å². The van der Waals surface area contributed by atoms with Crippen molar-refractivity contribution in [2.24, 2.45) is 5.92 Å². The Labute approximate surface area is 197 Å².